The minimum Gasteiger partial charge on any atom is -0.469 e. The molecule has 224 valence electrons. The maximum Gasteiger partial charge on any atom is 0.435 e. The summed E-state index contributed by atoms with van der Waals surface area (Å²) in [5, 5.41) is 8.68. The van der Waals surface area contributed by atoms with Crippen molar-refractivity contribution in [3.8, 4) is 11.6 Å². The summed E-state index contributed by atoms with van der Waals surface area (Å²) in [6.07, 6.45) is -5.44. The number of ether oxygens (including phenoxy) is 2. The van der Waals surface area contributed by atoms with Gasteiger partial charge < -0.3 is 20.1 Å². The highest BCUT2D eigenvalue weighted by molar-refractivity contribution is 5.92. The number of rotatable bonds is 12. The zero-order valence-electron chi connectivity index (χ0n) is 23.1. The fourth-order valence-corrected chi connectivity index (χ4v) is 3.99. The number of hydrogen-bond acceptors (Lipinski definition) is 6. The van der Waals surface area contributed by atoms with E-state index in [0.717, 1.165) is 15.8 Å². The van der Waals surface area contributed by atoms with Crippen LogP contribution >= 0.6 is 0 Å². The molecule has 4 rings (SSSR count). The Kier molecular flexibility index (Phi) is 10.2. The molecule has 1 aromatic heterocycles. The molecule has 0 aliphatic rings. The lowest BCUT2D eigenvalue weighted by molar-refractivity contribution is -0.141. The predicted molar refractivity (Wildman–Crippen MR) is 150 cm³/mol. The van der Waals surface area contributed by atoms with Crippen LogP contribution in [0.25, 0.3) is 5.69 Å². The predicted octanol–water partition coefficient (Wildman–Crippen LogP) is 4.88. The highest BCUT2D eigenvalue weighted by Gasteiger charge is 2.36. The second kappa shape index (κ2) is 14.2. The molecule has 4 aromatic rings. The smallest absolute Gasteiger partial charge is 0.435 e. The van der Waals surface area contributed by atoms with Gasteiger partial charge in [0.1, 0.15) is 12.6 Å². The van der Waals surface area contributed by atoms with Gasteiger partial charge in [0.15, 0.2) is 18.1 Å². The molecule has 12 heteroatoms. The first-order valence-electron chi connectivity index (χ1n) is 13.3. The summed E-state index contributed by atoms with van der Waals surface area (Å²) in [5.41, 5.74) is 0.629. The van der Waals surface area contributed by atoms with Gasteiger partial charge in [0.05, 0.1) is 11.7 Å². The molecule has 1 heterocycles. The van der Waals surface area contributed by atoms with Crippen LogP contribution in [0.15, 0.2) is 97.1 Å². The van der Waals surface area contributed by atoms with Gasteiger partial charge in [-0.3, -0.25) is 9.59 Å². The summed E-state index contributed by atoms with van der Waals surface area (Å²) in [4.78, 5) is 38.6. The van der Waals surface area contributed by atoms with E-state index in [1.165, 1.54) is 19.1 Å². The Morgan fingerprint density at radius 2 is 1.44 bits per heavy atom. The fourth-order valence-electron chi connectivity index (χ4n) is 3.99. The van der Waals surface area contributed by atoms with E-state index < -0.39 is 48.3 Å². The number of carbonyl (C=O) groups excluding carboxylic acids is 3. The van der Waals surface area contributed by atoms with Gasteiger partial charge in [-0.25, -0.2) is 9.48 Å². The quantitative estimate of drug-likeness (QED) is 0.242. The summed E-state index contributed by atoms with van der Waals surface area (Å²) in [6, 6.07) is 24.5. The lowest BCUT2D eigenvalue weighted by Gasteiger charge is -2.21. The van der Waals surface area contributed by atoms with E-state index in [9.17, 15) is 27.6 Å². The van der Waals surface area contributed by atoms with Crippen molar-refractivity contribution in [2.45, 2.75) is 38.2 Å². The number of halogens is 3. The maximum atomic E-state index is 13.3. The van der Waals surface area contributed by atoms with Gasteiger partial charge in [-0.1, -0.05) is 78.9 Å². The molecule has 2 amide bonds. The summed E-state index contributed by atoms with van der Waals surface area (Å²) >= 11 is 0. The summed E-state index contributed by atoms with van der Waals surface area (Å²) in [5.74, 6) is -1.57. The Bertz CT molecular complexity index is 1510. The van der Waals surface area contributed by atoms with Crippen LogP contribution in [0, 0.1) is 0 Å². The van der Waals surface area contributed by atoms with Gasteiger partial charge in [-0.15, -0.1) is 0 Å². The minimum absolute atomic E-state index is 0.00576. The first-order chi connectivity index (χ1) is 20.6. The van der Waals surface area contributed by atoms with Gasteiger partial charge in [0.25, 0.3) is 0 Å². The number of para-hydroxylation sites is 1. The molecule has 9 nitrogen and oxygen atoms in total. The minimum atomic E-state index is -4.73. The molecule has 2 N–H and O–H groups in total. The van der Waals surface area contributed by atoms with Crippen molar-refractivity contribution < 1.29 is 37.0 Å². The monoisotopic (exact) mass is 594 g/mol. The summed E-state index contributed by atoms with van der Waals surface area (Å²) in [6.45, 7) is 0.758. The van der Waals surface area contributed by atoms with Crippen LogP contribution in [0.5, 0.6) is 5.88 Å². The average molecular weight is 595 g/mol. The molecule has 2 atom stereocenters. The Hall–Kier alpha value is -5.13. The van der Waals surface area contributed by atoms with E-state index in [-0.39, 0.29) is 18.9 Å². The number of nitrogens with zero attached hydrogens (tertiary/aromatic N) is 2. The van der Waals surface area contributed by atoms with Crippen LogP contribution in [-0.4, -0.2) is 46.3 Å². The highest BCUT2D eigenvalue weighted by Crippen LogP contribution is 2.32. The number of carbonyl (C=O) groups is 3. The third-order valence-corrected chi connectivity index (χ3v) is 6.28. The summed E-state index contributed by atoms with van der Waals surface area (Å²) in [7, 11) is 0. The van der Waals surface area contributed by atoms with Crippen molar-refractivity contribution in [3.05, 3.63) is 114 Å². The number of ketones is 1. The second-order valence-corrected chi connectivity index (χ2v) is 9.55. The van der Waals surface area contributed by atoms with Crippen LogP contribution in [0.4, 0.5) is 18.0 Å². The third-order valence-electron chi connectivity index (χ3n) is 6.28. The number of Topliss-reactive ketones (excluding diaryl/α,β-unsaturated/α-hetero) is 1. The number of alkyl carbamates (subject to hydrolysis) is 1. The molecule has 0 aliphatic carbocycles. The number of alkyl halides is 3. The third kappa shape index (κ3) is 8.93. The number of hydrogen-bond donors (Lipinski definition) is 2. The van der Waals surface area contributed by atoms with E-state index in [0.29, 0.717) is 11.8 Å². The SMILES string of the molecule is C[C@H](NC(=O)[C@@H](Cc1ccccc1)NC(=O)OCc1ccccc1)C(=O)COc1cc(C(F)(F)F)nn1-c1ccccc1. The van der Waals surface area contributed by atoms with E-state index in [1.807, 2.05) is 12.1 Å². The molecule has 0 saturated carbocycles. The van der Waals surface area contributed by atoms with Gasteiger partial charge in [0, 0.05) is 12.5 Å². The number of benzene rings is 3. The van der Waals surface area contributed by atoms with Crippen molar-refractivity contribution in [2.24, 2.45) is 0 Å². The van der Waals surface area contributed by atoms with Gasteiger partial charge in [0.2, 0.25) is 11.8 Å². The molecule has 0 spiro atoms. The van der Waals surface area contributed by atoms with Crippen LogP contribution in [0.3, 0.4) is 0 Å². The second-order valence-electron chi connectivity index (χ2n) is 9.55. The van der Waals surface area contributed by atoms with Crippen LogP contribution in [-0.2, 0) is 33.5 Å². The maximum absolute atomic E-state index is 13.3. The first kappa shape index (κ1) is 30.8. The zero-order chi connectivity index (χ0) is 30.8. The lowest BCUT2D eigenvalue weighted by Crippen LogP contribution is -2.52. The fraction of sp³-hybridized carbons (Fsp3) is 0.226. The number of aromatic nitrogens is 2. The van der Waals surface area contributed by atoms with E-state index in [4.69, 9.17) is 9.47 Å². The molecule has 43 heavy (non-hydrogen) atoms. The normalized spacial score (nSPS) is 12.6. The Labute approximate surface area is 245 Å². The largest absolute Gasteiger partial charge is 0.469 e. The van der Waals surface area contributed by atoms with E-state index in [2.05, 4.69) is 15.7 Å². The van der Waals surface area contributed by atoms with Crippen molar-refractivity contribution in [3.63, 3.8) is 0 Å². The molecule has 0 unspecified atom stereocenters. The number of nitrogens with one attached hydrogen (secondary N) is 2. The topological polar surface area (TPSA) is 112 Å². The van der Waals surface area contributed by atoms with Crippen molar-refractivity contribution in [1.29, 1.82) is 0 Å². The van der Waals surface area contributed by atoms with Crippen molar-refractivity contribution >= 4 is 17.8 Å². The zero-order valence-corrected chi connectivity index (χ0v) is 23.1. The lowest BCUT2D eigenvalue weighted by atomic mass is 10.0. The van der Waals surface area contributed by atoms with Crippen molar-refractivity contribution in [2.75, 3.05) is 6.61 Å². The molecular formula is C31H29F3N4O5. The van der Waals surface area contributed by atoms with Crippen LogP contribution < -0.4 is 15.4 Å². The van der Waals surface area contributed by atoms with Gasteiger partial charge in [-0.2, -0.15) is 18.3 Å². The number of amides is 2. The van der Waals surface area contributed by atoms with Crippen LogP contribution in [0.2, 0.25) is 0 Å². The highest BCUT2D eigenvalue weighted by atomic mass is 19.4. The molecule has 0 radical (unpaired) electrons. The first-order valence-corrected chi connectivity index (χ1v) is 13.3. The van der Waals surface area contributed by atoms with E-state index >= 15 is 0 Å². The molecule has 0 aliphatic heterocycles. The van der Waals surface area contributed by atoms with Gasteiger partial charge >= 0.3 is 12.3 Å². The molecule has 0 fully saturated rings. The molecule has 3 aromatic carbocycles. The Morgan fingerprint density at radius 1 is 0.860 bits per heavy atom. The van der Waals surface area contributed by atoms with Gasteiger partial charge in [-0.05, 0) is 30.2 Å². The Balaban J connectivity index is 1.40. The molecular weight excluding hydrogens is 565 g/mol. The van der Waals surface area contributed by atoms with E-state index in [1.54, 1.807) is 66.7 Å². The van der Waals surface area contributed by atoms with Crippen molar-refractivity contribution in [1.82, 2.24) is 20.4 Å². The average Bonchev–Trinajstić information content (AvgIpc) is 3.45. The standard InChI is InChI=1S/C31H29F3N4O5/c1-21(26(39)20-42-28-18-27(31(32,33)34)37-38(28)24-15-9-4-10-16-24)35-29(40)25(17-22-11-5-2-6-12-22)36-30(41)43-19-23-13-7-3-8-14-23/h2-16,18,21,25H,17,19-20H2,1H3,(H,35,40)(H,36,41)/t21-,25+/m0/s1. The Morgan fingerprint density at radius 3 is 2.05 bits per heavy atom. The summed E-state index contributed by atoms with van der Waals surface area (Å²) < 4.78 is 51.7. The molecule has 0 bridgehead atoms. The molecule has 0 saturated heterocycles. The van der Waals surface area contributed by atoms with Crippen LogP contribution in [0.1, 0.15) is 23.7 Å².